The summed E-state index contributed by atoms with van der Waals surface area (Å²) in [5, 5.41) is 19.1. The number of hydrogen-bond acceptors (Lipinski definition) is 5. The molecule has 0 aromatic carbocycles. The lowest BCUT2D eigenvalue weighted by atomic mass is 10.3. The summed E-state index contributed by atoms with van der Waals surface area (Å²) in [7, 11) is 0. The monoisotopic (exact) mass is 211 g/mol. The number of epoxide rings is 1. The summed E-state index contributed by atoms with van der Waals surface area (Å²) in [5.41, 5.74) is 0. The van der Waals surface area contributed by atoms with Gasteiger partial charge >= 0.3 is 5.82 Å². The third-order valence-electron chi connectivity index (χ3n) is 1.98. The lowest BCUT2D eigenvalue weighted by Gasteiger charge is -1.87. The fourth-order valence-electron chi connectivity index (χ4n) is 1.12. The molecule has 0 aliphatic carbocycles. The molecular weight excluding hydrogens is 202 g/mol. The Kier molecular flexibility index (Phi) is 2.48. The number of imidazole rings is 1. The number of hydrogen-bond donors (Lipinski definition) is 1. The van der Waals surface area contributed by atoms with E-state index in [1.807, 2.05) is 0 Å². The minimum atomic E-state index is -0.660. The number of aliphatic hydroxyl groups is 1. The highest BCUT2D eigenvalue weighted by molar-refractivity contribution is 5.27. The van der Waals surface area contributed by atoms with Crippen molar-refractivity contribution in [3.8, 4) is 0 Å². The first-order valence-electron chi connectivity index (χ1n) is 4.35. The van der Waals surface area contributed by atoms with Gasteiger partial charge in [0.15, 0.2) is 6.29 Å². The summed E-state index contributed by atoms with van der Waals surface area (Å²) in [6.07, 6.45) is 5.82. The Morgan fingerprint density at radius 3 is 3.07 bits per heavy atom. The topological polar surface area (TPSA) is 93.7 Å². The van der Waals surface area contributed by atoms with Gasteiger partial charge in [-0.2, -0.15) is 0 Å². The molecule has 1 aliphatic rings. The van der Waals surface area contributed by atoms with Crippen LogP contribution < -0.4 is 0 Å². The molecule has 80 valence electrons. The van der Waals surface area contributed by atoms with Crippen molar-refractivity contribution in [2.24, 2.45) is 0 Å². The largest absolute Gasteiger partial charge is 0.381 e. The Morgan fingerprint density at radius 2 is 2.53 bits per heavy atom. The van der Waals surface area contributed by atoms with Crippen molar-refractivity contribution in [2.45, 2.75) is 18.8 Å². The van der Waals surface area contributed by atoms with Gasteiger partial charge in [-0.15, -0.1) is 0 Å². The lowest BCUT2D eigenvalue weighted by Crippen LogP contribution is -1.89. The van der Waals surface area contributed by atoms with E-state index >= 15 is 0 Å². The second-order valence-corrected chi connectivity index (χ2v) is 3.12. The maximum Gasteiger partial charge on any atom is 0.381 e. The Hall–Kier alpha value is -1.73. The molecule has 0 bridgehead atoms. The smallest absolute Gasteiger partial charge is 0.366 e. The second-order valence-electron chi connectivity index (χ2n) is 3.12. The maximum atomic E-state index is 10.3. The van der Waals surface area contributed by atoms with Crippen LogP contribution in [-0.2, 0) is 4.74 Å². The van der Waals surface area contributed by atoms with E-state index in [0.29, 0.717) is 6.42 Å². The van der Waals surface area contributed by atoms with Crippen LogP contribution in [0, 0.1) is 10.1 Å². The van der Waals surface area contributed by atoms with Crippen LogP contribution in [0.1, 0.15) is 6.42 Å². The molecule has 1 aromatic rings. The van der Waals surface area contributed by atoms with Crippen molar-refractivity contribution in [1.82, 2.24) is 9.55 Å². The summed E-state index contributed by atoms with van der Waals surface area (Å²) in [5.74, 6) is -0.192. The minimum absolute atomic E-state index is 0.139. The fraction of sp³-hybridized carbons (Fsp3) is 0.375. The minimum Gasteiger partial charge on any atom is -0.366 e. The molecule has 2 unspecified atom stereocenters. The van der Waals surface area contributed by atoms with Gasteiger partial charge in [0.2, 0.25) is 6.33 Å². The summed E-state index contributed by atoms with van der Waals surface area (Å²) in [6.45, 7) is 0. The first-order valence-corrected chi connectivity index (χ1v) is 4.35. The first kappa shape index (κ1) is 9.81. The van der Waals surface area contributed by atoms with Crippen LogP contribution in [0.3, 0.4) is 0 Å². The molecule has 7 nitrogen and oxygen atoms in total. The molecule has 1 N–H and O–H groups in total. The quantitative estimate of drug-likeness (QED) is 0.441. The third-order valence-corrected chi connectivity index (χ3v) is 1.98. The molecule has 0 radical (unpaired) electrons. The van der Waals surface area contributed by atoms with E-state index in [-0.39, 0.29) is 11.9 Å². The molecular formula is C8H9N3O4. The van der Waals surface area contributed by atoms with Crippen LogP contribution in [0.4, 0.5) is 5.82 Å². The van der Waals surface area contributed by atoms with Gasteiger partial charge in [0.1, 0.15) is 12.3 Å². The van der Waals surface area contributed by atoms with Crippen molar-refractivity contribution >= 4 is 12.0 Å². The van der Waals surface area contributed by atoms with Gasteiger partial charge in [0.05, 0.1) is 0 Å². The van der Waals surface area contributed by atoms with Crippen molar-refractivity contribution in [2.75, 3.05) is 0 Å². The van der Waals surface area contributed by atoms with Crippen LogP contribution in [0.2, 0.25) is 0 Å². The van der Waals surface area contributed by atoms with Crippen LogP contribution in [-0.4, -0.2) is 32.0 Å². The summed E-state index contributed by atoms with van der Waals surface area (Å²) < 4.78 is 6.25. The van der Waals surface area contributed by atoms with E-state index < -0.39 is 11.2 Å². The number of nitro groups is 1. The third kappa shape index (κ3) is 2.39. The van der Waals surface area contributed by atoms with Crippen LogP contribution in [0.5, 0.6) is 0 Å². The Bertz CT molecular complexity index is 400. The lowest BCUT2D eigenvalue weighted by molar-refractivity contribution is -0.389. The van der Waals surface area contributed by atoms with Gasteiger partial charge < -0.3 is 20.0 Å². The molecule has 1 aliphatic heterocycles. The van der Waals surface area contributed by atoms with Gasteiger partial charge in [-0.1, -0.05) is 6.08 Å². The number of aliphatic hydroxyl groups excluding tert-OH is 1. The van der Waals surface area contributed by atoms with Gasteiger partial charge in [-0.25, -0.2) is 0 Å². The molecule has 2 atom stereocenters. The van der Waals surface area contributed by atoms with E-state index in [9.17, 15) is 10.1 Å². The molecule has 15 heavy (non-hydrogen) atoms. The molecule has 0 amide bonds. The van der Waals surface area contributed by atoms with Crippen molar-refractivity contribution in [3.63, 3.8) is 0 Å². The molecule has 1 fully saturated rings. The van der Waals surface area contributed by atoms with Gasteiger partial charge in [0, 0.05) is 6.20 Å². The average Bonchev–Trinajstić information content (AvgIpc) is 2.71. The zero-order valence-corrected chi connectivity index (χ0v) is 7.68. The molecule has 1 aromatic heterocycles. The standard InChI is InChI=1S/C8H9N3O4/c12-8-6(15-8)2-1-3-10-4-7(9-5-10)11(13)14/h1,3-6,8,12H,2H2/b3-1-. The highest BCUT2D eigenvalue weighted by atomic mass is 16.7. The highest BCUT2D eigenvalue weighted by Gasteiger charge is 2.35. The number of ether oxygens (including phenoxy) is 1. The Morgan fingerprint density at radius 1 is 1.80 bits per heavy atom. The average molecular weight is 211 g/mol. The summed E-state index contributed by atoms with van der Waals surface area (Å²) in [6, 6.07) is 0. The summed E-state index contributed by atoms with van der Waals surface area (Å²) in [4.78, 5) is 13.3. The molecule has 2 heterocycles. The van der Waals surface area contributed by atoms with Crippen molar-refractivity contribution in [3.05, 3.63) is 28.7 Å². The van der Waals surface area contributed by atoms with Gasteiger partial charge in [-0.3, -0.25) is 4.57 Å². The van der Waals surface area contributed by atoms with Crippen LogP contribution in [0.15, 0.2) is 18.6 Å². The first-order chi connectivity index (χ1) is 7.16. The molecule has 0 saturated carbocycles. The Labute approximate surface area is 84.8 Å². The van der Waals surface area contributed by atoms with E-state index in [0.717, 1.165) is 0 Å². The molecule has 2 rings (SSSR count). The van der Waals surface area contributed by atoms with Crippen LogP contribution >= 0.6 is 0 Å². The van der Waals surface area contributed by atoms with Gasteiger partial charge in [-0.05, 0) is 16.3 Å². The molecule has 7 heteroatoms. The summed E-state index contributed by atoms with van der Waals surface area (Å²) >= 11 is 0. The SMILES string of the molecule is O=[N+]([O-])c1cn(/C=C\CC2OC2O)cn1. The van der Waals surface area contributed by atoms with Crippen LogP contribution in [0.25, 0.3) is 6.20 Å². The molecule has 1 saturated heterocycles. The second kappa shape index (κ2) is 3.79. The van der Waals surface area contributed by atoms with Crippen molar-refractivity contribution < 1.29 is 14.8 Å². The number of aromatic nitrogens is 2. The Balaban J connectivity index is 1.89. The number of nitrogens with zero attached hydrogens (tertiary/aromatic N) is 3. The normalized spacial score (nSPS) is 24.6. The molecule has 0 spiro atoms. The number of rotatable bonds is 4. The van der Waals surface area contributed by atoms with E-state index in [1.54, 1.807) is 12.3 Å². The zero-order valence-electron chi connectivity index (χ0n) is 7.68. The fourth-order valence-corrected chi connectivity index (χ4v) is 1.12. The maximum absolute atomic E-state index is 10.3. The zero-order chi connectivity index (χ0) is 10.8. The van der Waals surface area contributed by atoms with Gasteiger partial charge in [0.25, 0.3) is 0 Å². The highest BCUT2D eigenvalue weighted by Crippen LogP contribution is 2.22. The predicted molar refractivity (Wildman–Crippen MR) is 49.7 cm³/mol. The predicted octanol–water partition coefficient (Wildman–Crippen LogP) is 0.369. The van der Waals surface area contributed by atoms with E-state index in [4.69, 9.17) is 9.84 Å². The van der Waals surface area contributed by atoms with E-state index in [2.05, 4.69) is 4.98 Å². The van der Waals surface area contributed by atoms with Crippen molar-refractivity contribution in [1.29, 1.82) is 0 Å². The van der Waals surface area contributed by atoms with E-state index in [1.165, 1.54) is 17.1 Å².